The number of carbonyl (C=O) groups is 1. The standard InChI is InChI=1S/C20H22N6O2/c27-19(22-16-7-12-28-17-4-2-1-3-15(16)17)14-5-6-18-23-20(24-26(18)13-14)25-10-8-21-9-11-25/h1-6,13,16,21H,7-12H2,(H,22,27)/t16-/m0/s1. The number of hydrogen-bond donors (Lipinski definition) is 2. The third-order valence-electron chi connectivity index (χ3n) is 5.25. The van der Waals surface area contributed by atoms with Gasteiger partial charge in [0.15, 0.2) is 5.65 Å². The molecule has 3 aromatic rings. The van der Waals surface area contributed by atoms with Crippen molar-refractivity contribution in [2.45, 2.75) is 12.5 Å². The van der Waals surface area contributed by atoms with Crippen molar-refractivity contribution < 1.29 is 9.53 Å². The highest BCUT2D eigenvalue weighted by molar-refractivity contribution is 5.94. The molecule has 0 unspecified atom stereocenters. The van der Waals surface area contributed by atoms with Gasteiger partial charge in [0, 0.05) is 44.4 Å². The van der Waals surface area contributed by atoms with Crippen LogP contribution in [0.2, 0.25) is 0 Å². The van der Waals surface area contributed by atoms with Crippen LogP contribution >= 0.6 is 0 Å². The van der Waals surface area contributed by atoms with E-state index in [1.54, 1.807) is 16.8 Å². The second-order valence-electron chi connectivity index (χ2n) is 7.07. The quantitative estimate of drug-likeness (QED) is 0.717. The fraction of sp³-hybridized carbons (Fsp3) is 0.350. The summed E-state index contributed by atoms with van der Waals surface area (Å²) >= 11 is 0. The summed E-state index contributed by atoms with van der Waals surface area (Å²) in [5.74, 6) is 1.42. The molecule has 0 spiro atoms. The van der Waals surface area contributed by atoms with Crippen LogP contribution in [0.3, 0.4) is 0 Å². The molecule has 28 heavy (non-hydrogen) atoms. The van der Waals surface area contributed by atoms with Crippen LogP contribution in [-0.2, 0) is 0 Å². The zero-order chi connectivity index (χ0) is 18.9. The molecule has 8 nitrogen and oxygen atoms in total. The van der Waals surface area contributed by atoms with Crippen LogP contribution < -0.4 is 20.3 Å². The number of anilines is 1. The van der Waals surface area contributed by atoms with Crippen molar-refractivity contribution in [2.75, 3.05) is 37.7 Å². The number of benzene rings is 1. The number of para-hydroxylation sites is 1. The minimum absolute atomic E-state index is 0.0553. The molecule has 1 saturated heterocycles. The Kier molecular flexibility index (Phi) is 4.32. The van der Waals surface area contributed by atoms with Gasteiger partial charge < -0.3 is 20.3 Å². The summed E-state index contributed by atoms with van der Waals surface area (Å²) in [4.78, 5) is 19.6. The van der Waals surface area contributed by atoms with Gasteiger partial charge in [-0.15, -0.1) is 5.10 Å². The Morgan fingerprint density at radius 1 is 1.18 bits per heavy atom. The predicted octanol–water partition coefficient (Wildman–Crippen LogP) is 1.39. The van der Waals surface area contributed by atoms with Gasteiger partial charge in [-0.05, 0) is 18.2 Å². The molecule has 144 valence electrons. The first-order chi connectivity index (χ1) is 13.8. The molecule has 1 fully saturated rings. The lowest BCUT2D eigenvalue weighted by atomic mass is 10.0. The molecule has 8 heteroatoms. The second-order valence-corrected chi connectivity index (χ2v) is 7.07. The zero-order valence-corrected chi connectivity index (χ0v) is 15.5. The largest absolute Gasteiger partial charge is 0.493 e. The highest BCUT2D eigenvalue weighted by Gasteiger charge is 2.23. The highest BCUT2D eigenvalue weighted by Crippen LogP contribution is 2.31. The second kappa shape index (κ2) is 7.12. The average molecular weight is 378 g/mol. The highest BCUT2D eigenvalue weighted by atomic mass is 16.5. The third-order valence-corrected chi connectivity index (χ3v) is 5.25. The Bertz CT molecular complexity index is 1010. The van der Waals surface area contributed by atoms with Crippen molar-refractivity contribution in [3.05, 3.63) is 53.7 Å². The molecule has 0 radical (unpaired) electrons. The predicted molar refractivity (Wildman–Crippen MR) is 105 cm³/mol. The van der Waals surface area contributed by atoms with E-state index in [4.69, 9.17) is 4.74 Å². The SMILES string of the molecule is O=C(N[C@H]1CCOc2ccccc21)c1ccc2nc(N3CCNCC3)nn2c1. The van der Waals surface area contributed by atoms with E-state index in [2.05, 4.69) is 25.6 Å². The van der Waals surface area contributed by atoms with Gasteiger partial charge in [0.1, 0.15) is 5.75 Å². The molecule has 2 aliphatic rings. The molecular formula is C20H22N6O2. The number of pyridine rings is 1. The molecule has 2 aliphatic heterocycles. The first-order valence-corrected chi connectivity index (χ1v) is 9.63. The lowest BCUT2D eigenvalue weighted by Gasteiger charge is -2.26. The molecule has 1 amide bonds. The number of carbonyl (C=O) groups excluding carboxylic acids is 1. The maximum atomic E-state index is 12.8. The summed E-state index contributed by atoms with van der Waals surface area (Å²) in [6.07, 6.45) is 2.50. The number of aromatic nitrogens is 3. The Hall–Kier alpha value is -3.13. The summed E-state index contributed by atoms with van der Waals surface area (Å²) in [6, 6.07) is 11.4. The van der Waals surface area contributed by atoms with Crippen molar-refractivity contribution in [3.63, 3.8) is 0 Å². The summed E-state index contributed by atoms with van der Waals surface area (Å²) < 4.78 is 7.36. The van der Waals surface area contributed by atoms with Crippen molar-refractivity contribution >= 4 is 17.5 Å². The molecule has 1 atom stereocenters. The lowest BCUT2D eigenvalue weighted by Crippen LogP contribution is -2.44. The Balaban J connectivity index is 1.36. The van der Waals surface area contributed by atoms with E-state index in [1.165, 1.54) is 0 Å². The topological polar surface area (TPSA) is 83.8 Å². The lowest BCUT2D eigenvalue weighted by molar-refractivity contribution is 0.0924. The number of nitrogens with zero attached hydrogens (tertiary/aromatic N) is 4. The molecular weight excluding hydrogens is 356 g/mol. The van der Waals surface area contributed by atoms with Gasteiger partial charge in [0.05, 0.1) is 18.2 Å². The monoisotopic (exact) mass is 378 g/mol. The maximum absolute atomic E-state index is 12.8. The van der Waals surface area contributed by atoms with Crippen LogP contribution in [0.1, 0.15) is 28.4 Å². The fourth-order valence-corrected chi connectivity index (χ4v) is 3.74. The van der Waals surface area contributed by atoms with Crippen molar-refractivity contribution in [2.24, 2.45) is 0 Å². The van der Waals surface area contributed by atoms with E-state index in [0.717, 1.165) is 49.6 Å². The molecule has 0 saturated carbocycles. The molecule has 0 aliphatic carbocycles. The van der Waals surface area contributed by atoms with E-state index >= 15 is 0 Å². The number of amides is 1. The van der Waals surface area contributed by atoms with Crippen molar-refractivity contribution in [3.8, 4) is 5.75 Å². The van der Waals surface area contributed by atoms with Crippen LogP contribution in [0, 0.1) is 0 Å². The van der Waals surface area contributed by atoms with Gasteiger partial charge in [-0.1, -0.05) is 18.2 Å². The molecule has 2 aromatic heterocycles. The third kappa shape index (κ3) is 3.16. The van der Waals surface area contributed by atoms with Crippen LogP contribution in [-0.4, -0.2) is 53.3 Å². The minimum Gasteiger partial charge on any atom is -0.493 e. The van der Waals surface area contributed by atoms with Crippen LogP contribution in [0.4, 0.5) is 5.95 Å². The minimum atomic E-state index is -0.122. The number of hydrogen-bond acceptors (Lipinski definition) is 6. The first-order valence-electron chi connectivity index (χ1n) is 9.63. The maximum Gasteiger partial charge on any atom is 0.253 e. The van der Waals surface area contributed by atoms with Gasteiger partial charge in [-0.2, -0.15) is 4.98 Å². The Morgan fingerprint density at radius 2 is 2.04 bits per heavy atom. The van der Waals surface area contributed by atoms with Crippen LogP contribution in [0.5, 0.6) is 5.75 Å². The van der Waals surface area contributed by atoms with E-state index in [9.17, 15) is 4.79 Å². The van der Waals surface area contributed by atoms with Crippen LogP contribution in [0.25, 0.3) is 5.65 Å². The number of rotatable bonds is 3. The molecule has 1 aromatic carbocycles. The molecule has 4 heterocycles. The van der Waals surface area contributed by atoms with Gasteiger partial charge in [-0.3, -0.25) is 4.79 Å². The number of ether oxygens (including phenoxy) is 1. The summed E-state index contributed by atoms with van der Waals surface area (Å²) in [5.41, 5.74) is 2.32. The number of piperazine rings is 1. The molecule has 2 N–H and O–H groups in total. The summed E-state index contributed by atoms with van der Waals surface area (Å²) in [6.45, 7) is 4.21. The van der Waals surface area contributed by atoms with E-state index in [1.807, 2.05) is 30.3 Å². The average Bonchev–Trinajstić information content (AvgIpc) is 3.18. The first kappa shape index (κ1) is 17.0. The number of nitrogens with one attached hydrogen (secondary N) is 2. The van der Waals surface area contributed by atoms with E-state index in [-0.39, 0.29) is 11.9 Å². The Morgan fingerprint density at radius 3 is 2.93 bits per heavy atom. The molecule has 5 rings (SSSR count). The van der Waals surface area contributed by atoms with Gasteiger partial charge in [0.2, 0.25) is 5.95 Å². The van der Waals surface area contributed by atoms with Gasteiger partial charge in [0.25, 0.3) is 5.91 Å². The van der Waals surface area contributed by atoms with Crippen molar-refractivity contribution in [1.29, 1.82) is 0 Å². The molecule has 0 bridgehead atoms. The number of fused-ring (bicyclic) bond motifs is 2. The zero-order valence-electron chi connectivity index (χ0n) is 15.5. The Labute approximate surface area is 162 Å². The van der Waals surface area contributed by atoms with Gasteiger partial charge in [-0.25, -0.2) is 4.52 Å². The normalized spacial score (nSPS) is 19.1. The smallest absolute Gasteiger partial charge is 0.253 e. The summed E-state index contributed by atoms with van der Waals surface area (Å²) in [5, 5.41) is 11.0. The van der Waals surface area contributed by atoms with Crippen LogP contribution in [0.15, 0.2) is 42.6 Å². The van der Waals surface area contributed by atoms with Crippen molar-refractivity contribution in [1.82, 2.24) is 25.2 Å². The fourth-order valence-electron chi connectivity index (χ4n) is 3.74. The van der Waals surface area contributed by atoms with Gasteiger partial charge >= 0.3 is 0 Å². The van der Waals surface area contributed by atoms with E-state index in [0.29, 0.717) is 18.1 Å². The summed E-state index contributed by atoms with van der Waals surface area (Å²) in [7, 11) is 0. The van der Waals surface area contributed by atoms with E-state index < -0.39 is 0 Å².